The maximum Gasteiger partial charge on any atom is 0.345 e. The number of aromatic nitrogens is 3. The number of nitrogens with zero attached hydrogens (tertiary/aromatic N) is 4. The molecule has 0 spiro atoms. The summed E-state index contributed by atoms with van der Waals surface area (Å²) in [6.45, 7) is 1.54. The van der Waals surface area contributed by atoms with E-state index in [1.165, 1.54) is 10.2 Å². The minimum absolute atomic E-state index is 0.00641. The first-order chi connectivity index (χ1) is 13.1. The number of hydrogen-bond acceptors (Lipinski definition) is 3. The average Bonchev–Trinajstić information content (AvgIpc) is 3.48. The molecule has 27 heavy (non-hydrogen) atoms. The zero-order valence-corrected chi connectivity index (χ0v) is 16.0. The van der Waals surface area contributed by atoms with Gasteiger partial charge < -0.3 is 4.90 Å². The van der Waals surface area contributed by atoms with Crippen LogP contribution < -0.4 is 5.69 Å². The minimum Gasteiger partial charge on any atom is -0.343 e. The third kappa shape index (κ3) is 3.99. The van der Waals surface area contributed by atoms with Crippen LogP contribution in [0.5, 0.6) is 0 Å². The Kier molecular flexibility index (Phi) is 5.14. The number of likely N-dealkylation sites (tertiary alicyclic amines) is 1. The fourth-order valence-electron chi connectivity index (χ4n) is 4.09. The van der Waals surface area contributed by atoms with Crippen LogP contribution in [-0.4, -0.2) is 38.2 Å². The summed E-state index contributed by atoms with van der Waals surface area (Å²) in [4.78, 5) is 26.8. The quantitative estimate of drug-likeness (QED) is 0.788. The molecule has 1 saturated carbocycles. The maximum absolute atomic E-state index is 12.5. The summed E-state index contributed by atoms with van der Waals surface area (Å²) in [5.41, 5.74) is 1.30. The first-order valence-electron chi connectivity index (χ1n) is 10.1. The number of amides is 1. The Labute approximate surface area is 159 Å². The van der Waals surface area contributed by atoms with Gasteiger partial charge in [-0.05, 0) is 44.1 Å². The largest absolute Gasteiger partial charge is 0.345 e. The van der Waals surface area contributed by atoms with Gasteiger partial charge in [0.1, 0.15) is 5.82 Å². The number of aryl methyl sites for hydroxylation is 2. The summed E-state index contributed by atoms with van der Waals surface area (Å²) in [6.07, 6.45) is 6.40. The second-order valence-electron chi connectivity index (χ2n) is 7.86. The summed E-state index contributed by atoms with van der Waals surface area (Å²) in [7, 11) is 1.73. The summed E-state index contributed by atoms with van der Waals surface area (Å²) in [6, 6.07) is 10.7. The third-order valence-electron chi connectivity index (χ3n) is 5.81. The van der Waals surface area contributed by atoms with Gasteiger partial charge in [-0.2, -0.15) is 5.10 Å². The van der Waals surface area contributed by atoms with Crippen LogP contribution in [-0.2, 0) is 18.3 Å². The van der Waals surface area contributed by atoms with Gasteiger partial charge in [0.15, 0.2) is 0 Å². The summed E-state index contributed by atoms with van der Waals surface area (Å²) >= 11 is 0. The number of hydrogen-bond donors (Lipinski definition) is 0. The van der Waals surface area contributed by atoms with Crippen molar-refractivity contribution >= 4 is 5.91 Å². The van der Waals surface area contributed by atoms with Crippen molar-refractivity contribution in [3.8, 4) is 0 Å². The molecular weight excluding hydrogens is 340 g/mol. The first-order valence-corrected chi connectivity index (χ1v) is 10.1. The Hall–Kier alpha value is -2.37. The van der Waals surface area contributed by atoms with E-state index in [0.717, 1.165) is 57.4 Å². The van der Waals surface area contributed by atoms with Gasteiger partial charge in [0.25, 0.3) is 0 Å². The maximum atomic E-state index is 12.5. The van der Waals surface area contributed by atoms with E-state index in [2.05, 4.69) is 17.2 Å². The van der Waals surface area contributed by atoms with Crippen molar-refractivity contribution in [2.24, 2.45) is 7.05 Å². The molecule has 6 heteroatoms. The lowest BCUT2D eigenvalue weighted by atomic mass is 9.95. The van der Waals surface area contributed by atoms with Crippen molar-refractivity contribution in [3.05, 3.63) is 52.2 Å². The molecule has 1 aliphatic carbocycles. The van der Waals surface area contributed by atoms with Crippen molar-refractivity contribution in [1.82, 2.24) is 19.2 Å². The van der Waals surface area contributed by atoms with E-state index in [1.54, 1.807) is 7.05 Å². The molecule has 0 atom stereocenters. The SMILES string of the molecule is Cn1nc(C2CCN(C(=O)CCCc3ccccc3)CC2)n(C2CC2)c1=O. The number of carbonyl (C=O) groups is 1. The molecule has 1 saturated heterocycles. The van der Waals surface area contributed by atoms with E-state index in [-0.39, 0.29) is 17.5 Å². The molecule has 2 heterocycles. The van der Waals surface area contributed by atoms with Gasteiger partial charge in [-0.3, -0.25) is 9.36 Å². The second-order valence-corrected chi connectivity index (χ2v) is 7.86. The zero-order chi connectivity index (χ0) is 18.8. The van der Waals surface area contributed by atoms with Gasteiger partial charge in [0.05, 0.1) is 0 Å². The fraction of sp³-hybridized carbons (Fsp3) is 0.571. The zero-order valence-electron chi connectivity index (χ0n) is 16.0. The molecule has 144 valence electrons. The molecule has 0 N–H and O–H groups in total. The Balaban J connectivity index is 1.29. The smallest absolute Gasteiger partial charge is 0.343 e. The molecule has 1 aromatic carbocycles. The topological polar surface area (TPSA) is 60.1 Å². The molecule has 2 aliphatic rings. The first kappa shape index (κ1) is 18.0. The van der Waals surface area contributed by atoms with Crippen molar-refractivity contribution < 1.29 is 4.79 Å². The minimum atomic E-state index is 0.00641. The molecular formula is C21H28N4O2. The van der Waals surface area contributed by atoms with Crippen LogP contribution in [0.1, 0.15) is 61.9 Å². The molecule has 2 fully saturated rings. The lowest BCUT2D eigenvalue weighted by molar-refractivity contribution is -0.132. The van der Waals surface area contributed by atoms with Crippen LogP contribution in [0.4, 0.5) is 0 Å². The molecule has 1 aromatic heterocycles. The molecule has 1 aliphatic heterocycles. The molecule has 0 bridgehead atoms. The Morgan fingerprint density at radius 3 is 2.48 bits per heavy atom. The van der Waals surface area contributed by atoms with Crippen molar-refractivity contribution in [3.63, 3.8) is 0 Å². The molecule has 1 amide bonds. The fourth-order valence-corrected chi connectivity index (χ4v) is 4.09. The monoisotopic (exact) mass is 368 g/mol. The van der Waals surface area contributed by atoms with E-state index >= 15 is 0 Å². The summed E-state index contributed by atoms with van der Waals surface area (Å²) < 4.78 is 3.37. The molecule has 4 rings (SSSR count). The highest BCUT2D eigenvalue weighted by Gasteiger charge is 2.34. The summed E-state index contributed by atoms with van der Waals surface area (Å²) in [5.74, 6) is 1.47. The van der Waals surface area contributed by atoms with Gasteiger partial charge in [-0.15, -0.1) is 0 Å². The number of carbonyl (C=O) groups excluding carboxylic acids is 1. The Morgan fingerprint density at radius 2 is 1.81 bits per heavy atom. The van der Waals surface area contributed by atoms with Gasteiger partial charge in [-0.25, -0.2) is 9.48 Å². The highest BCUT2D eigenvalue weighted by Crippen LogP contribution is 2.37. The predicted molar refractivity (Wildman–Crippen MR) is 104 cm³/mol. The predicted octanol–water partition coefficient (Wildman–Crippen LogP) is 2.65. The van der Waals surface area contributed by atoms with Crippen LogP contribution >= 0.6 is 0 Å². The molecule has 2 aromatic rings. The lowest BCUT2D eigenvalue weighted by Crippen LogP contribution is -2.38. The number of piperidine rings is 1. The molecule has 0 unspecified atom stereocenters. The van der Waals surface area contributed by atoms with E-state index < -0.39 is 0 Å². The average molecular weight is 368 g/mol. The van der Waals surface area contributed by atoms with Crippen LogP contribution in [0.2, 0.25) is 0 Å². The van der Waals surface area contributed by atoms with E-state index in [9.17, 15) is 9.59 Å². The summed E-state index contributed by atoms with van der Waals surface area (Å²) in [5, 5.41) is 4.51. The normalized spacial score (nSPS) is 18.0. The third-order valence-corrected chi connectivity index (χ3v) is 5.81. The van der Waals surface area contributed by atoms with Crippen molar-refractivity contribution in [1.29, 1.82) is 0 Å². The van der Waals surface area contributed by atoms with Gasteiger partial charge in [-0.1, -0.05) is 30.3 Å². The van der Waals surface area contributed by atoms with Crippen molar-refractivity contribution in [2.75, 3.05) is 13.1 Å². The van der Waals surface area contributed by atoms with Crippen LogP contribution in [0.3, 0.4) is 0 Å². The van der Waals surface area contributed by atoms with Crippen LogP contribution in [0, 0.1) is 0 Å². The number of rotatable bonds is 6. The Bertz CT molecular complexity index is 843. The highest BCUT2D eigenvalue weighted by molar-refractivity contribution is 5.76. The lowest BCUT2D eigenvalue weighted by Gasteiger charge is -2.31. The molecule has 0 radical (unpaired) electrons. The van der Waals surface area contributed by atoms with Crippen molar-refractivity contribution in [2.45, 2.75) is 56.9 Å². The van der Waals surface area contributed by atoms with Gasteiger partial charge in [0, 0.05) is 38.5 Å². The standard InChI is InChI=1S/C21H28N4O2/c1-23-21(27)25(18-10-11-18)20(22-23)17-12-14-24(15-13-17)19(26)9-5-8-16-6-3-2-4-7-16/h2-4,6-7,17-18H,5,8-15H2,1H3. The van der Waals surface area contributed by atoms with Crippen LogP contribution in [0.25, 0.3) is 0 Å². The van der Waals surface area contributed by atoms with Gasteiger partial charge >= 0.3 is 5.69 Å². The van der Waals surface area contributed by atoms with Gasteiger partial charge in [0.2, 0.25) is 5.91 Å². The highest BCUT2D eigenvalue weighted by atomic mass is 16.2. The Morgan fingerprint density at radius 1 is 1.11 bits per heavy atom. The van der Waals surface area contributed by atoms with E-state index in [1.807, 2.05) is 27.7 Å². The number of benzene rings is 1. The second kappa shape index (κ2) is 7.71. The van der Waals surface area contributed by atoms with E-state index in [4.69, 9.17) is 0 Å². The van der Waals surface area contributed by atoms with E-state index in [0.29, 0.717) is 12.5 Å². The van der Waals surface area contributed by atoms with Crippen LogP contribution in [0.15, 0.2) is 35.1 Å². The molecule has 6 nitrogen and oxygen atoms in total.